The second kappa shape index (κ2) is 7.68. The van der Waals surface area contributed by atoms with Gasteiger partial charge in [0.1, 0.15) is 22.2 Å². The Labute approximate surface area is 155 Å². The molecule has 0 aliphatic rings. The lowest BCUT2D eigenvalue weighted by Gasteiger charge is -2.04. The van der Waals surface area contributed by atoms with Crippen LogP contribution in [0.15, 0.2) is 48.5 Å². The topological polar surface area (TPSA) is 51.2 Å². The average Bonchev–Trinajstić information content (AvgIpc) is 2.96. The number of benzene rings is 2. The maximum atomic E-state index is 12.4. The van der Waals surface area contributed by atoms with Gasteiger partial charge in [-0.15, -0.1) is 11.3 Å². The second-order valence-electron chi connectivity index (χ2n) is 5.59. The van der Waals surface area contributed by atoms with Gasteiger partial charge >= 0.3 is 0 Å². The lowest BCUT2D eigenvalue weighted by Crippen LogP contribution is -2.11. The van der Waals surface area contributed by atoms with Crippen LogP contribution >= 0.6 is 22.9 Å². The highest BCUT2D eigenvalue weighted by Crippen LogP contribution is 2.22. The summed E-state index contributed by atoms with van der Waals surface area (Å²) in [7, 11) is 0. The number of hydrogen-bond acceptors (Lipinski definition) is 4. The molecule has 6 heteroatoms. The average molecular weight is 373 g/mol. The van der Waals surface area contributed by atoms with Gasteiger partial charge in [-0.25, -0.2) is 4.98 Å². The number of carbonyl (C=O) groups excluding carboxylic acids is 1. The highest BCUT2D eigenvalue weighted by atomic mass is 35.5. The van der Waals surface area contributed by atoms with Crippen LogP contribution in [0.2, 0.25) is 5.02 Å². The minimum atomic E-state index is -0.181. The number of aromatic nitrogens is 1. The number of nitrogens with one attached hydrogen (secondary N) is 1. The summed E-state index contributed by atoms with van der Waals surface area (Å²) in [5.74, 6) is 0.610. The van der Waals surface area contributed by atoms with Crippen molar-refractivity contribution >= 4 is 34.5 Å². The Balaban J connectivity index is 1.67. The maximum Gasteiger partial charge on any atom is 0.267 e. The zero-order valence-corrected chi connectivity index (χ0v) is 15.4. The van der Waals surface area contributed by atoms with Crippen LogP contribution in [0.3, 0.4) is 0 Å². The minimum absolute atomic E-state index is 0.181. The summed E-state index contributed by atoms with van der Waals surface area (Å²) in [5.41, 5.74) is 2.52. The minimum Gasteiger partial charge on any atom is -0.486 e. The zero-order chi connectivity index (χ0) is 17.8. The van der Waals surface area contributed by atoms with Gasteiger partial charge in [0.2, 0.25) is 0 Å². The molecule has 3 aromatic rings. The zero-order valence-electron chi connectivity index (χ0n) is 13.9. The Hall–Kier alpha value is -2.37. The van der Waals surface area contributed by atoms with Gasteiger partial charge in [0.15, 0.2) is 0 Å². The van der Waals surface area contributed by atoms with E-state index in [1.54, 1.807) is 24.3 Å². The van der Waals surface area contributed by atoms with Crippen molar-refractivity contribution in [2.24, 2.45) is 0 Å². The van der Waals surface area contributed by atoms with Crippen molar-refractivity contribution in [3.05, 3.63) is 74.7 Å². The molecule has 1 aromatic heterocycles. The molecule has 1 amide bonds. The fraction of sp³-hybridized carbons (Fsp3) is 0.158. The van der Waals surface area contributed by atoms with E-state index >= 15 is 0 Å². The predicted octanol–water partition coefficient (Wildman–Crippen LogP) is 5.24. The molecule has 1 N–H and O–H groups in total. The summed E-state index contributed by atoms with van der Waals surface area (Å²) in [6.07, 6.45) is 0. The molecule has 0 radical (unpaired) electrons. The quantitative estimate of drug-likeness (QED) is 0.665. The lowest BCUT2D eigenvalue weighted by molar-refractivity contribution is 0.103. The molecule has 0 fully saturated rings. The largest absolute Gasteiger partial charge is 0.486 e. The summed E-state index contributed by atoms with van der Waals surface area (Å²) in [6, 6.07) is 14.8. The van der Waals surface area contributed by atoms with E-state index in [1.807, 2.05) is 38.1 Å². The highest BCUT2D eigenvalue weighted by Gasteiger charge is 2.16. The van der Waals surface area contributed by atoms with Crippen LogP contribution in [0.4, 0.5) is 5.69 Å². The van der Waals surface area contributed by atoms with Crippen LogP contribution < -0.4 is 10.1 Å². The molecule has 25 heavy (non-hydrogen) atoms. The molecule has 0 aliphatic carbocycles. The molecular weight excluding hydrogens is 356 g/mol. The fourth-order valence-corrected chi connectivity index (χ4v) is 3.30. The smallest absolute Gasteiger partial charge is 0.267 e. The number of nitrogens with zero attached hydrogens (tertiary/aromatic N) is 1. The van der Waals surface area contributed by atoms with Crippen LogP contribution in [0.5, 0.6) is 5.75 Å². The van der Waals surface area contributed by atoms with E-state index in [-0.39, 0.29) is 5.91 Å². The third-order valence-electron chi connectivity index (χ3n) is 3.50. The molecule has 0 saturated carbocycles. The normalized spacial score (nSPS) is 10.5. The molecule has 4 nitrogen and oxygen atoms in total. The van der Waals surface area contributed by atoms with Crippen LogP contribution in [-0.2, 0) is 6.61 Å². The van der Waals surface area contributed by atoms with Crippen molar-refractivity contribution in [3.63, 3.8) is 0 Å². The molecule has 128 valence electrons. The Bertz CT molecular complexity index is 891. The van der Waals surface area contributed by atoms with Crippen LogP contribution in [0.1, 0.15) is 25.9 Å². The van der Waals surface area contributed by atoms with Crippen LogP contribution in [-0.4, -0.2) is 10.9 Å². The van der Waals surface area contributed by atoms with Crippen LogP contribution in [0, 0.1) is 13.8 Å². The van der Waals surface area contributed by atoms with E-state index in [0.717, 1.165) is 16.3 Å². The first-order valence-electron chi connectivity index (χ1n) is 7.74. The summed E-state index contributed by atoms with van der Waals surface area (Å²) in [6.45, 7) is 4.17. The molecule has 0 aliphatic heterocycles. The van der Waals surface area contributed by atoms with Crippen molar-refractivity contribution in [1.82, 2.24) is 4.98 Å². The molecule has 2 aromatic carbocycles. The van der Waals surface area contributed by atoms with E-state index in [9.17, 15) is 4.79 Å². The molecule has 1 heterocycles. The van der Waals surface area contributed by atoms with Crippen molar-refractivity contribution < 1.29 is 9.53 Å². The third kappa shape index (κ3) is 4.59. The fourth-order valence-electron chi connectivity index (χ4n) is 2.30. The third-order valence-corrected chi connectivity index (χ3v) is 4.88. The number of amides is 1. The molecule has 0 unspecified atom stereocenters. The van der Waals surface area contributed by atoms with Crippen LogP contribution in [0.25, 0.3) is 0 Å². The molecule has 0 spiro atoms. The number of anilines is 1. The van der Waals surface area contributed by atoms with Gasteiger partial charge in [0.25, 0.3) is 5.91 Å². The van der Waals surface area contributed by atoms with Gasteiger partial charge in [-0.3, -0.25) is 4.79 Å². The monoisotopic (exact) mass is 372 g/mol. The van der Waals surface area contributed by atoms with Crippen molar-refractivity contribution in [2.45, 2.75) is 20.5 Å². The molecule has 0 bridgehead atoms. The number of aryl methyl sites for hydroxylation is 2. The Morgan fingerprint density at radius 1 is 1.20 bits per heavy atom. The molecular formula is C19H17ClN2O2S. The first-order valence-corrected chi connectivity index (χ1v) is 8.93. The highest BCUT2D eigenvalue weighted by molar-refractivity contribution is 7.13. The van der Waals surface area contributed by atoms with Crippen molar-refractivity contribution in [1.29, 1.82) is 0 Å². The molecule has 3 rings (SSSR count). The van der Waals surface area contributed by atoms with E-state index in [0.29, 0.717) is 27.9 Å². The van der Waals surface area contributed by atoms with Crippen molar-refractivity contribution in [3.8, 4) is 5.75 Å². The van der Waals surface area contributed by atoms with Gasteiger partial charge in [-0.1, -0.05) is 23.7 Å². The van der Waals surface area contributed by atoms with E-state index in [1.165, 1.54) is 11.3 Å². The Kier molecular flexibility index (Phi) is 5.36. The summed E-state index contributed by atoms with van der Waals surface area (Å²) in [5, 5.41) is 4.24. The number of thiazole rings is 1. The summed E-state index contributed by atoms with van der Waals surface area (Å²) < 4.78 is 5.75. The maximum absolute atomic E-state index is 12.4. The van der Waals surface area contributed by atoms with Gasteiger partial charge in [-0.05, 0) is 55.8 Å². The molecule has 0 saturated heterocycles. The second-order valence-corrected chi connectivity index (χ2v) is 7.11. The van der Waals surface area contributed by atoms with E-state index in [4.69, 9.17) is 16.3 Å². The Morgan fingerprint density at radius 2 is 1.96 bits per heavy atom. The van der Waals surface area contributed by atoms with Gasteiger partial charge in [0.05, 0.1) is 5.69 Å². The van der Waals surface area contributed by atoms with Gasteiger partial charge in [-0.2, -0.15) is 0 Å². The standard InChI is InChI=1S/C19H17ClN2O2S/c1-12-4-3-5-16(10-12)24-11-17-21-13(2)18(25-17)19(23)22-15-8-6-14(20)7-9-15/h3-10H,11H2,1-2H3,(H,22,23). The first kappa shape index (κ1) is 17.5. The number of halogens is 1. The first-order chi connectivity index (χ1) is 12.0. The number of carbonyl (C=O) groups is 1. The van der Waals surface area contributed by atoms with Gasteiger partial charge in [0, 0.05) is 10.7 Å². The molecule has 0 atom stereocenters. The SMILES string of the molecule is Cc1cccc(OCc2nc(C)c(C(=O)Nc3ccc(Cl)cc3)s2)c1. The summed E-state index contributed by atoms with van der Waals surface area (Å²) >= 11 is 7.19. The van der Waals surface area contributed by atoms with Gasteiger partial charge < -0.3 is 10.1 Å². The van der Waals surface area contributed by atoms with Crippen molar-refractivity contribution in [2.75, 3.05) is 5.32 Å². The Morgan fingerprint density at radius 3 is 2.68 bits per heavy atom. The predicted molar refractivity (Wildman–Crippen MR) is 102 cm³/mol. The number of rotatable bonds is 5. The number of ether oxygens (including phenoxy) is 1. The van der Waals surface area contributed by atoms with E-state index < -0.39 is 0 Å². The van der Waals surface area contributed by atoms with E-state index in [2.05, 4.69) is 10.3 Å². The number of hydrogen-bond donors (Lipinski definition) is 1. The lowest BCUT2D eigenvalue weighted by atomic mass is 10.2. The summed E-state index contributed by atoms with van der Waals surface area (Å²) in [4.78, 5) is 17.5.